The van der Waals surface area contributed by atoms with Gasteiger partial charge in [-0.1, -0.05) is 24.3 Å². The van der Waals surface area contributed by atoms with Crippen molar-refractivity contribution in [3.63, 3.8) is 0 Å². The van der Waals surface area contributed by atoms with Gasteiger partial charge in [-0.2, -0.15) is 0 Å². The number of carbonyl (C=O) groups excluding carboxylic acids is 1. The fourth-order valence-electron chi connectivity index (χ4n) is 3.77. The Hall–Kier alpha value is -1.59. The summed E-state index contributed by atoms with van der Waals surface area (Å²) < 4.78 is 6.05. The van der Waals surface area contributed by atoms with Crippen LogP contribution in [0.1, 0.15) is 49.3 Å². The summed E-state index contributed by atoms with van der Waals surface area (Å²) in [5.41, 5.74) is 2.74. The first-order valence-electron chi connectivity index (χ1n) is 9.14. The summed E-state index contributed by atoms with van der Waals surface area (Å²) in [6.07, 6.45) is 6.28. The molecule has 1 fully saturated rings. The minimum Gasteiger partial charge on any atom is -0.394 e. The second-order valence-corrected chi connectivity index (χ2v) is 6.71. The molecule has 2 N–H and O–H groups in total. The van der Waals surface area contributed by atoms with E-state index >= 15 is 0 Å². The minimum atomic E-state index is -0.0606. The van der Waals surface area contributed by atoms with E-state index < -0.39 is 0 Å². The maximum Gasteiger partial charge on any atom is 0.317 e. The normalized spacial score (nSPS) is 23.1. The molecule has 1 aromatic rings. The second kappa shape index (κ2) is 8.49. The highest BCUT2D eigenvalue weighted by Gasteiger charge is 2.27. The Labute approximate surface area is 144 Å². The van der Waals surface area contributed by atoms with Crippen molar-refractivity contribution in [2.24, 2.45) is 0 Å². The maximum absolute atomic E-state index is 12.1. The molecule has 2 unspecified atom stereocenters. The van der Waals surface area contributed by atoms with Gasteiger partial charge in [-0.05, 0) is 49.7 Å². The molecule has 5 nitrogen and oxygen atoms in total. The van der Waals surface area contributed by atoms with Crippen LogP contribution in [-0.2, 0) is 11.2 Å². The summed E-state index contributed by atoms with van der Waals surface area (Å²) in [6.45, 7) is 2.06. The number of aryl methyl sites for hydroxylation is 1. The monoisotopic (exact) mass is 332 g/mol. The zero-order chi connectivity index (χ0) is 16.8. The van der Waals surface area contributed by atoms with Gasteiger partial charge >= 0.3 is 6.03 Å². The van der Waals surface area contributed by atoms with Crippen molar-refractivity contribution < 1.29 is 14.6 Å². The van der Waals surface area contributed by atoms with Crippen molar-refractivity contribution in [1.29, 1.82) is 0 Å². The molecule has 1 aliphatic heterocycles. The average molecular weight is 332 g/mol. The standard InChI is InChI=1S/C19H28N2O3/c22-14-16-8-4-12-21(16)19(23)20-11-5-13-24-18-10-3-7-15-6-1-2-9-17(15)18/h1-2,6,9,16,18,22H,3-5,7-8,10-14H2,(H,20,23). The van der Waals surface area contributed by atoms with Crippen LogP contribution >= 0.6 is 0 Å². The summed E-state index contributed by atoms with van der Waals surface area (Å²) in [5, 5.41) is 12.2. The highest BCUT2D eigenvalue weighted by atomic mass is 16.5. The highest BCUT2D eigenvalue weighted by Crippen LogP contribution is 2.32. The number of nitrogens with one attached hydrogen (secondary N) is 1. The van der Waals surface area contributed by atoms with E-state index in [4.69, 9.17) is 4.74 Å². The zero-order valence-electron chi connectivity index (χ0n) is 14.2. The van der Waals surface area contributed by atoms with Gasteiger partial charge in [0.15, 0.2) is 0 Å². The number of amides is 2. The first-order valence-corrected chi connectivity index (χ1v) is 9.14. The van der Waals surface area contributed by atoms with Crippen molar-refractivity contribution in [2.45, 2.75) is 50.7 Å². The Bertz CT molecular complexity index is 549. The summed E-state index contributed by atoms with van der Waals surface area (Å²) >= 11 is 0. The van der Waals surface area contributed by atoms with Crippen molar-refractivity contribution >= 4 is 6.03 Å². The second-order valence-electron chi connectivity index (χ2n) is 6.71. The molecule has 24 heavy (non-hydrogen) atoms. The molecule has 2 aliphatic rings. The maximum atomic E-state index is 12.1. The smallest absolute Gasteiger partial charge is 0.317 e. The molecule has 0 bridgehead atoms. The van der Waals surface area contributed by atoms with Crippen LogP contribution in [0.3, 0.4) is 0 Å². The molecule has 0 saturated carbocycles. The molecule has 0 radical (unpaired) electrons. The fraction of sp³-hybridized carbons (Fsp3) is 0.632. The Kier molecular flexibility index (Phi) is 6.10. The van der Waals surface area contributed by atoms with Crippen LogP contribution in [0.25, 0.3) is 0 Å². The zero-order valence-corrected chi connectivity index (χ0v) is 14.2. The van der Waals surface area contributed by atoms with Crippen LogP contribution in [0.15, 0.2) is 24.3 Å². The average Bonchev–Trinajstić information content (AvgIpc) is 3.10. The quantitative estimate of drug-likeness (QED) is 0.787. The van der Waals surface area contributed by atoms with Crippen LogP contribution in [0.4, 0.5) is 4.79 Å². The van der Waals surface area contributed by atoms with Crippen molar-refractivity contribution in [3.8, 4) is 0 Å². The predicted molar refractivity (Wildman–Crippen MR) is 92.9 cm³/mol. The molecule has 2 atom stereocenters. The molecule has 1 heterocycles. The minimum absolute atomic E-state index is 0.0139. The van der Waals surface area contributed by atoms with Crippen LogP contribution in [0, 0.1) is 0 Å². The van der Waals surface area contributed by atoms with Gasteiger partial charge in [0.1, 0.15) is 0 Å². The van der Waals surface area contributed by atoms with E-state index in [9.17, 15) is 9.90 Å². The third-order valence-electron chi connectivity index (χ3n) is 5.08. The fourth-order valence-corrected chi connectivity index (χ4v) is 3.77. The molecule has 0 aromatic heterocycles. The van der Waals surface area contributed by atoms with E-state index in [-0.39, 0.29) is 24.8 Å². The molecular weight excluding hydrogens is 304 g/mol. The van der Waals surface area contributed by atoms with Gasteiger partial charge in [-0.3, -0.25) is 0 Å². The lowest BCUT2D eigenvalue weighted by Gasteiger charge is -2.26. The molecule has 132 valence electrons. The van der Waals surface area contributed by atoms with Gasteiger partial charge in [0.2, 0.25) is 0 Å². The van der Waals surface area contributed by atoms with Crippen LogP contribution < -0.4 is 5.32 Å². The molecule has 2 amide bonds. The molecule has 3 rings (SSSR count). The molecule has 5 heteroatoms. The lowest BCUT2D eigenvalue weighted by atomic mass is 9.89. The van der Waals surface area contributed by atoms with Crippen LogP contribution in [0.5, 0.6) is 0 Å². The van der Waals surface area contributed by atoms with Gasteiger partial charge in [-0.15, -0.1) is 0 Å². The number of benzene rings is 1. The largest absolute Gasteiger partial charge is 0.394 e. The Morgan fingerprint density at radius 1 is 1.29 bits per heavy atom. The topological polar surface area (TPSA) is 61.8 Å². The number of fused-ring (bicyclic) bond motifs is 1. The number of aliphatic hydroxyl groups excluding tert-OH is 1. The summed E-state index contributed by atoms with van der Waals surface area (Å²) in [5.74, 6) is 0. The van der Waals surface area contributed by atoms with E-state index in [0.717, 1.165) is 38.6 Å². The van der Waals surface area contributed by atoms with Gasteiger partial charge in [0.25, 0.3) is 0 Å². The van der Waals surface area contributed by atoms with Crippen molar-refractivity contribution in [1.82, 2.24) is 10.2 Å². The molecule has 1 saturated heterocycles. The van der Waals surface area contributed by atoms with Crippen LogP contribution in [-0.4, -0.2) is 48.4 Å². The van der Waals surface area contributed by atoms with E-state index in [1.807, 2.05) is 0 Å². The van der Waals surface area contributed by atoms with Crippen LogP contribution in [0.2, 0.25) is 0 Å². The summed E-state index contributed by atoms with van der Waals surface area (Å²) in [6, 6.07) is 8.46. The molecular formula is C19H28N2O3. The number of urea groups is 1. The van der Waals surface area contributed by atoms with E-state index in [1.54, 1.807) is 4.90 Å². The number of aliphatic hydroxyl groups is 1. The SMILES string of the molecule is O=C(NCCCOC1CCCc2ccccc21)N1CCCC1CO. The number of likely N-dealkylation sites (tertiary alicyclic amines) is 1. The van der Waals surface area contributed by atoms with E-state index in [0.29, 0.717) is 13.2 Å². The Morgan fingerprint density at radius 3 is 3.04 bits per heavy atom. The first kappa shape index (κ1) is 17.2. The lowest BCUT2D eigenvalue weighted by molar-refractivity contribution is 0.0394. The number of hydrogen-bond acceptors (Lipinski definition) is 3. The number of rotatable bonds is 6. The molecule has 1 aromatic carbocycles. The number of ether oxygens (including phenoxy) is 1. The molecule has 0 spiro atoms. The van der Waals surface area contributed by atoms with Gasteiger partial charge < -0.3 is 20.1 Å². The summed E-state index contributed by atoms with van der Waals surface area (Å²) in [7, 11) is 0. The van der Waals surface area contributed by atoms with Crippen molar-refractivity contribution in [3.05, 3.63) is 35.4 Å². The van der Waals surface area contributed by atoms with Gasteiger partial charge in [0, 0.05) is 19.7 Å². The highest BCUT2D eigenvalue weighted by molar-refractivity contribution is 5.74. The third-order valence-corrected chi connectivity index (χ3v) is 5.08. The predicted octanol–water partition coefficient (Wildman–Crippen LogP) is 2.64. The van der Waals surface area contributed by atoms with E-state index in [1.165, 1.54) is 17.5 Å². The number of hydrogen-bond donors (Lipinski definition) is 2. The first-order chi connectivity index (χ1) is 11.8. The Morgan fingerprint density at radius 2 is 2.17 bits per heavy atom. The number of carbonyl (C=O) groups is 1. The lowest BCUT2D eigenvalue weighted by Crippen LogP contribution is -2.44. The summed E-state index contributed by atoms with van der Waals surface area (Å²) in [4.78, 5) is 13.9. The Balaban J connectivity index is 1.37. The van der Waals surface area contributed by atoms with Crippen molar-refractivity contribution in [2.75, 3.05) is 26.3 Å². The molecule has 1 aliphatic carbocycles. The number of nitrogens with zero attached hydrogens (tertiary/aromatic N) is 1. The third kappa shape index (κ3) is 4.08. The van der Waals surface area contributed by atoms with Gasteiger partial charge in [-0.25, -0.2) is 4.79 Å². The van der Waals surface area contributed by atoms with Gasteiger partial charge in [0.05, 0.1) is 18.8 Å². The van der Waals surface area contributed by atoms with E-state index in [2.05, 4.69) is 29.6 Å².